The number of nitrogens with zero attached hydrogens (tertiary/aromatic N) is 1. The van der Waals surface area contributed by atoms with Gasteiger partial charge in [-0.1, -0.05) is 54.1 Å². The minimum atomic E-state index is -4.45. The molecule has 0 radical (unpaired) electrons. The van der Waals surface area contributed by atoms with Crippen LogP contribution in [0.5, 0.6) is 0 Å². The fourth-order valence-electron chi connectivity index (χ4n) is 2.58. The van der Waals surface area contributed by atoms with Crippen LogP contribution in [0.4, 0.5) is 18.9 Å². The third kappa shape index (κ3) is 5.84. The fraction of sp³-hybridized carbons (Fsp3) is 0.0909. The number of carbonyl (C=O) groups is 1. The van der Waals surface area contributed by atoms with Gasteiger partial charge in [0.05, 0.1) is 17.8 Å². The van der Waals surface area contributed by atoms with E-state index in [4.69, 9.17) is 11.6 Å². The summed E-state index contributed by atoms with van der Waals surface area (Å²) in [5.74, 6) is -0.433. The predicted octanol–water partition coefficient (Wildman–Crippen LogP) is 5.76. The summed E-state index contributed by atoms with van der Waals surface area (Å²) in [5.41, 5.74) is 6.20. The Labute approximate surface area is 176 Å². The topological polar surface area (TPSA) is 53.5 Å². The smallest absolute Gasteiger partial charge is 0.300 e. The van der Waals surface area contributed by atoms with Crippen LogP contribution in [0.15, 0.2) is 83.9 Å². The van der Waals surface area contributed by atoms with Crippen molar-refractivity contribution in [3.05, 3.63) is 101 Å². The first kappa shape index (κ1) is 21.4. The molecule has 0 heterocycles. The van der Waals surface area contributed by atoms with E-state index in [-0.39, 0.29) is 12.4 Å². The highest BCUT2D eigenvalue weighted by atomic mass is 35.5. The van der Waals surface area contributed by atoms with Gasteiger partial charge < -0.3 is 0 Å². The van der Waals surface area contributed by atoms with Gasteiger partial charge in [-0.2, -0.15) is 13.2 Å². The monoisotopic (exact) mass is 431 g/mol. The third-order valence-corrected chi connectivity index (χ3v) is 4.35. The SMILES string of the molecule is O=C(C(=NCc1cccc(C(F)(F)F)c1)NNc1ccc(Cl)cc1)c1ccccc1. The molecule has 0 saturated carbocycles. The van der Waals surface area contributed by atoms with Gasteiger partial charge in [-0.3, -0.25) is 20.6 Å². The summed E-state index contributed by atoms with van der Waals surface area (Å²) in [4.78, 5) is 17.1. The molecule has 4 nitrogen and oxygen atoms in total. The van der Waals surface area contributed by atoms with Crippen LogP contribution >= 0.6 is 11.6 Å². The maximum absolute atomic E-state index is 12.9. The Bertz CT molecular complexity index is 1040. The Hall–Kier alpha value is -3.32. The quantitative estimate of drug-likeness (QED) is 0.226. The average Bonchev–Trinajstić information content (AvgIpc) is 2.75. The number of nitrogens with one attached hydrogen (secondary N) is 2. The first-order chi connectivity index (χ1) is 14.3. The molecular weight excluding hydrogens is 415 g/mol. The molecule has 0 aromatic heterocycles. The normalized spacial score (nSPS) is 11.8. The molecule has 0 atom stereocenters. The molecule has 3 rings (SSSR count). The van der Waals surface area contributed by atoms with Crippen molar-refractivity contribution in [2.75, 3.05) is 5.43 Å². The van der Waals surface area contributed by atoms with Gasteiger partial charge in [0, 0.05) is 10.6 Å². The van der Waals surface area contributed by atoms with Crippen molar-refractivity contribution >= 4 is 28.9 Å². The number of halogens is 4. The van der Waals surface area contributed by atoms with Crippen LogP contribution in [0, 0.1) is 0 Å². The van der Waals surface area contributed by atoms with E-state index in [0.29, 0.717) is 21.8 Å². The molecule has 0 fully saturated rings. The second-order valence-corrected chi connectivity index (χ2v) is 6.75. The van der Waals surface area contributed by atoms with E-state index in [9.17, 15) is 18.0 Å². The summed E-state index contributed by atoms with van der Waals surface area (Å²) in [6.45, 7) is -0.104. The average molecular weight is 432 g/mol. The number of rotatable bonds is 6. The maximum atomic E-state index is 12.9. The zero-order chi connectivity index (χ0) is 21.6. The van der Waals surface area contributed by atoms with Crippen molar-refractivity contribution in [1.29, 1.82) is 0 Å². The molecule has 0 aliphatic rings. The Balaban J connectivity index is 1.83. The molecule has 2 N–H and O–H groups in total. The van der Waals surface area contributed by atoms with Crippen LogP contribution in [-0.4, -0.2) is 11.6 Å². The van der Waals surface area contributed by atoms with Gasteiger partial charge in [-0.15, -0.1) is 0 Å². The van der Waals surface area contributed by atoms with Gasteiger partial charge in [0.25, 0.3) is 0 Å². The van der Waals surface area contributed by atoms with Crippen LogP contribution in [0.1, 0.15) is 21.5 Å². The van der Waals surface area contributed by atoms with Gasteiger partial charge in [-0.25, -0.2) is 0 Å². The molecule has 30 heavy (non-hydrogen) atoms. The standard InChI is InChI=1S/C22H17ClF3N3O/c23-18-9-11-19(12-10-18)28-29-21(20(30)16-6-2-1-3-7-16)27-14-15-5-4-8-17(13-15)22(24,25)26/h1-13,28H,14H2,(H,27,29). The highest BCUT2D eigenvalue weighted by molar-refractivity contribution is 6.45. The number of alkyl halides is 3. The summed E-state index contributed by atoms with van der Waals surface area (Å²) in [6, 6.07) is 20.0. The number of carbonyl (C=O) groups excluding carboxylic acids is 1. The van der Waals surface area contributed by atoms with Gasteiger partial charge in [0.1, 0.15) is 0 Å². The fourth-order valence-corrected chi connectivity index (χ4v) is 2.70. The van der Waals surface area contributed by atoms with E-state index >= 15 is 0 Å². The summed E-state index contributed by atoms with van der Waals surface area (Å²) in [6.07, 6.45) is -4.45. The van der Waals surface area contributed by atoms with Crippen LogP contribution in [0.3, 0.4) is 0 Å². The largest absolute Gasteiger partial charge is 0.416 e. The highest BCUT2D eigenvalue weighted by Gasteiger charge is 2.30. The molecule has 8 heteroatoms. The lowest BCUT2D eigenvalue weighted by atomic mass is 10.1. The minimum absolute atomic E-state index is 0.0337. The van der Waals surface area contributed by atoms with Crippen molar-refractivity contribution in [3.8, 4) is 0 Å². The number of aliphatic imine (C=N–C) groups is 1. The second-order valence-electron chi connectivity index (χ2n) is 6.32. The summed E-state index contributed by atoms with van der Waals surface area (Å²) in [5, 5.41) is 0.555. The van der Waals surface area contributed by atoms with E-state index in [2.05, 4.69) is 15.8 Å². The third-order valence-electron chi connectivity index (χ3n) is 4.09. The lowest BCUT2D eigenvalue weighted by Gasteiger charge is -2.12. The summed E-state index contributed by atoms with van der Waals surface area (Å²) in [7, 11) is 0. The zero-order valence-electron chi connectivity index (χ0n) is 15.6. The molecule has 154 valence electrons. The van der Waals surface area contributed by atoms with E-state index < -0.39 is 17.5 Å². The molecular formula is C22H17ClF3N3O. The Kier molecular flexibility index (Phi) is 6.74. The molecule has 0 aliphatic carbocycles. The molecule has 3 aromatic carbocycles. The van der Waals surface area contributed by atoms with E-state index in [1.807, 2.05) is 0 Å². The molecule has 0 aliphatic heterocycles. The molecule has 0 amide bonds. The molecule has 0 saturated heterocycles. The number of ketones is 1. The number of Topliss-reactive ketones (excluding diaryl/α,β-unsaturated/α-hetero) is 1. The van der Waals surface area contributed by atoms with Crippen LogP contribution in [0.25, 0.3) is 0 Å². The maximum Gasteiger partial charge on any atom is 0.416 e. The van der Waals surface area contributed by atoms with E-state index in [1.54, 1.807) is 54.6 Å². The van der Waals surface area contributed by atoms with Crippen molar-refractivity contribution in [1.82, 2.24) is 5.43 Å². The zero-order valence-corrected chi connectivity index (χ0v) is 16.3. The van der Waals surface area contributed by atoms with Gasteiger partial charge >= 0.3 is 6.18 Å². The van der Waals surface area contributed by atoms with Crippen molar-refractivity contribution < 1.29 is 18.0 Å². The lowest BCUT2D eigenvalue weighted by molar-refractivity contribution is -0.137. The Morgan fingerprint density at radius 1 is 0.933 bits per heavy atom. The van der Waals surface area contributed by atoms with Crippen LogP contribution in [0.2, 0.25) is 5.02 Å². The van der Waals surface area contributed by atoms with Crippen molar-refractivity contribution in [2.24, 2.45) is 4.99 Å². The molecule has 0 unspecified atom stereocenters. The minimum Gasteiger partial charge on any atom is -0.300 e. The second kappa shape index (κ2) is 9.45. The number of anilines is 1. The number of hydrogen-bond acceptors (Lipinski definition) is 3. The Morgan fingerprint density at radius 3 is 2.30 bits per heavy atom. The van der Waals surface area contributed by atoms with Crippen molar-refractivity contribution in [3.63, 3.8) is 0 Å². The van der Waals surface area contributed by atoms with Gasteiger partial charge in [-0.05, 0) is 42.0 Å². The highest BCUT2D eigenvalue weighted by Crippen LogP contribution is 2.29. The summed E-state index contributed by atoms with van der Waals surface area (Å²) < 4.78 is 38.8. The summed E-state index contributed by atoms with van der Waals surface area (Å²) >= 11 is 5.86. The molecule has 3 aromatic rings. The first-order valence-corrected chi connectivity index (χ1v) is 9.28. The first-order valence-electron chi connectivity index (χ1n) is 8.91. The molecule has 0 spiro atoms. The predicted molar refractivity (Wildman–Crippen MR) is 112 cm³/mol. The van der Waals surface area contributed by atoms with Crippen LogP contribution < -0.4 is 10.9 Å². The van der Waals surface area contributed by atoms with Crippen molar-refractivity contribution in [2.45, 2.75) is 12.7 Å². The molecule has 0 bridgehead atoms. The number of amidine groups is 1. The van der Waals surface area contributed by atoms with Gasteiger partial charge in [0.2, 0.25) is 5.78 Å². The lowest BCUT2D eigenvalue weighted by Crippen LogP contribution is -2.36. The van der Waals surface area contributed by atoms with Gasteiger partial charge in [0.15, 0.2) is 5.84 Å². The van der Waals surface area contributed by atoms with E-state index in [0.717, 1.165) is 12.1 Å². The van der Waals surface area contributed by atoms with E-state index in [1.165, 1.54) is 12.1 Å². The van der Waals surface area contributed by atoms with Crippen LogP contribution in [-0.2, 0) is 12.7 Å². The Morgan fingerprint density at radius 2 is 1.63 bits per heavy atom. The number of hydrogen-bond donors (Lipinski definition) is 2. The number of hydrazine groups is 1. The number of benzene rings is 3.